The fourth-order valence-electron chi connectivity index (χ4n) is 1.98. The van der Waals surface area contributed by atoms with E-state index in [1.165, 1.54) is 6.07 Å². The van der Waals surface area contributed by atoms with Gasteiger partial charge in [-0.2, -0.15) is 0 Å². The highest BCUT2D eigenvalue weighted by atomic mass is 35.5. The monoisotopic (exact) mass is 291 g/mol. The van der Waals surface area contributed by atoms with E-state index >= 15 is 0 Å². The maximum atomic E-state index is 12.9. The molecule has 1 fully saturated rings. The zero-order valence-electron chi connectivity index (χ0n) is 10.2. The zero-order valence-corrected chi connectivity index (χ0v) is 11.1. The Hall–Kier alpha value is -1.24. The molecule has 1 heterocycles. The van der Waals surface area contributed by atoms with E-state index in [0.717, 1.165) is 25.1 Å². The molecule has 1 aromatic rings. The Morgan fingerprint density at radius 3 is 2.74 bits per heavy atom. The van der Waals surface area contributed by atoms with E-state index in [4.69, 9.17) is 5.73 Å². The summed E-state index contributed by atoms with van der Waals surface area (Å²) in [6, 6.07) is 3.38. The van der Waals surface area contributed by atoms with Crippen molar-refractivity contribution >= 4 is 24.0 Å². The van der Waals surface area contributed by atoms with Crippen LogP contribution in [-0.4, -0.2) is 36.5 Å². The average Bonchev–Trinajstić information content (AvgIpc) is 2.69. The number of amides is 1. The molecule has 0 spiro atoms. The molecule has 19 heavy (non-hydrogen) atoms. The van der Waals surface area contributed by atoms with Crippen LogP contribution in [-0.2, 0) is 4.79 Å². The van der Waals surface area contributed by atoms with E-state index in [9.17, 15) is 13.6 Å². The summed E-state index contributed by atoms with van der Waals surface area (Å²) in [6.45, 7) is 1.68. The lowest BCUT2D eigenvalue weighted by Crippen LogP contribution is -2.33. The van der Waals surface area contributed by atoms with E-state index < -0.39 is 11.6 Å². The third-order valence-electron chi connectivity index (χ3n) is 2.88. The molecule has 0 saturated carbocycles. The van der Waals surface area contributed by atoms with Gasteiger partial charge < -0.3 is 11.1 Å². The van der Waals surface area contributed by atoms with Crippen molar-refractivity contribution in [3.05, 3.63) is 29.8 Å². The van der Waals surface area contributed by atoms with Gasteiger partial charge in [-0.3, -0.25) is 9.69 Å². The van der Waals surface area contributed by atoms with E-state index in [-0.39, 0.29) is 36.6 Å². The van der Waals surface area contributed by atoms with Crippen molar-refractivity contribution in [2.45, 2.75) is 12.5 Å². The molecular formula is C12H16ClF2N3O. The van der Waals surface area contributed by atoms with Gasteiger partial charge in [-0.05, 0) is 18.6 Å². The van der Waals surface area contributed by atoms with Gasteiger partial charge >= 0.3 is 0 Å². The molecule has 1 atom stereocenters. The summed E-state index contributed by atoms with van der Waals surface area (Å²) in [5.41, 5.74) is 5.98. The molecule has 0 aliphatic carbocycles. The summed E-state index contributed by atoms with van der Waals surface area (Å²) in [4.78, 5) is 13.6. The van der Waals surface area contributed by atoms with Crippen molar-refractivity contribution in [2.24, 2.45) is 5.73 Å². The first-order valence-electron chi connectivity index (χ1n) is 5.77. The van der Waals surface area contributed by atoms with Crippen LogP contribution in [0.25, 0.3) is 0 Å². The number of likely N-dealkylation sites (tertiary alicyclic amines) is 1. The third-order valence-corrected chi connectivity index (χ3v) is 2.88. The van der Waals surface area contributed by atoms with Crippen molar-refractivity contribution in [3.63, 3.8) is 0 Å². The highest BCUT2D eigenvalue weighted by molar-refractivity contribution is 5.92. The molecule has 1 amide bonds. The van der Waals surface area contributed by atoms with Gasteiger partial charge in [-0.25, -0.2) is 8.78 Å². The first-order valence-corrected chi connectivity index (χ1v) is 5.77. The number of nitrogens with two attached hydrogens (primary N) is 1. The topological polar surface area (TPSA) is 58.4 Å². The van der Waals surface area contributed by atoms with E-state index in [1.807, 2.05) is 4.90 Å². The highest BCUT2D eigenvalue weighted by Crippen LogP contribution is 2.13. The second-order valence-electron chi connectivity index (χ2n) is 4.46. The lowest BCUT2D eigenvalue weighted by molar-refractivity contribution is -0.117. The summed E-state index contributed by atoms with van der Waals surface area (Å²) < 4.78 is 25.6. The maximum absolute atomic E-state index is 12.9. The first-order chi connectivity index (χ1) is 8.54. The van der Waals surface area contributed by atoms with Crippen LogP contribution in [0.5, 0.6) is 0 Å². The minimum absolute atomic E-state index is 0. The smallest absolute Gasteiger partial charge is 0.238 e. The molecule has 1 aliphatic rings. The standard InChI is InChI=1S/C12H15F2N3O.ClH/c13-10-2-1-9(5-11(10)14)16-12(18)7-17-4-3-8(15)6-17;/h1-2,5,8H,3-4,6-7,15H2,(H,16,18);1H/t8-;/m0./s1. The normalized spacial score (nSPS) is 19.0. The van der Waals surface area contributed by atoms with Gasteiger partial charge in [-0.15, -0.1) is 12.4 Å². The number of carbonyl (C=O) groups excluding carboxylic acids is 1. The Morgan fingerprint density at radius 1 is 1.42 bits per heavy atom. The average molecular weight is 292 g/mol. The fraction of sp³-hybridized carbons (Fsp3) is 0.417. The molecule has 2 rings (SSSR count). The zero-order chi connectivity index (χ0) is 13.1. The second-order valence-corrected chi connectivity index (χ2v) is 4.46. The van der Waals surface area contributed by atoms with E-state index in [2.05, 4.69) is 5.32 Å². The van der Waals surface area contributed by atoms with E-state index in [0.29, 0.717) is 6.54 Å². The van der Waals surface area contributed by atoms with Crippen molar-refractivity contribution in [1.82, 2.24) is 4.90 Å². The Labute approximate surface area is 116 Å². The predicted molar refractivity (Wildman–Crippen MR) is 71.3 cm³/mol. The maximum Gasteiger partial charge on any atom is 0.238 e. The van der Waals surface area contributed by atoms with Crippen LogP contribution in [0.4, 0.5) is 14.5 Å². The molecule has 1 aromatic carbocycles. The molecule has 0 bridgehead atoms. The molecule has 4 nitrogen and oxygen atoms in total. The number of benzene rings is 1. The molecule has 7 heteroatoms. The number of anilines is 1. The minimum Gasteiger partial charge on any atom is -0.326 e. The molecule has 1 saturated heterocycles. The van der Waals surface area contributed by atoms with Gasteiger partial charge in [0.05, 0.1) is 6.54 Å². The Balaban J connectivity index is 0.00000180. The van der Waals surface area contributed by atoms with Crippen molar-refractivity contribution in [3.8, 4) is 0 Å². The van der Waals surface area contributed by atoms with Crippen LogP contribution in [0.2, 0.25) is 0 Å². The van der Waals surface area contributed by atoms with Gasteiger partial charge in [-0.1, -0.05) is 0 Å². The van der Waals surface area contributed by atoms with Gasteiger partial charge in [0.15, 0.2) is 11.6 Å². The lowest BCUT2D eigenvalue weighted by atomic mass is 10.3. The van der Waals surface area contributed by atoms with Gasteiger partial charge in [0.2, 0.25) is 5.91 Å². The third kappa shape index (κ3) is 4.41. The number of carbonyl (C=O) groups is 1. The number of nitrogens with one attached hydrogen (secondary N) is 1. The quantitative estimate of drug-likeness (QED) is 0.884. The Bertz CT molecular complexity index is 459. The molecule has 0 unspecified atom stereocenters. The lowest BCUT2D eigenvalue weighted by Gasteiger charge is -2.14. The first kappa shape index (κ1) is 15.8. The van der Waals surface area contributed by atoms with Gasteiger partial charge in [0.25, 0.3) is 0 Å². The fourth-order valence-corrected chi connectivity index (χ4v) is 1.98. The van der Waals surface area contributed by atoms with Gasteiger partial charge in [0.1, 0.15) is 0 Å². The van der Waals surface area contributed by atoms with Crippen LogP contribution in [0, 0.1) is 11.6 Å². The second kappa shape index (κ2) is 6.79. The summed E-state index contributed by atoms with van der Waals surface area (Å²) in [5.74, 6) is -2.16. The molecule has 0 radical (unpaired) electrons. The number of halogens is 3. The van der Waals surface area contributed by atoms with Crippen LogP contribution in [0.15, 0.2) is 18.2 Å². The molecule has 1 aliphatic heterocycles. The largest absolute Gasteiger partial charge is 0.326 e. The van der Waals surface area contributed by atoms with Crippen molar-refractivity contribution in [1.29, 1.82) is 0 Å². The van der Waals surface area contributed by atoms with Crippen molar-refractivity contribution < 1.29 is 13.6 Å². The molecular weight excluding hydrogens is 276 g/mol. The summed E-state index contributed by atoms with van der Waals surface area (Å²) in [6.07, 6.45) is 0.873. The summed E-state index contributed by atoms with van der Waals surface area (Å²) >= 11 is 0. The molecule has 3 N–H and O–H groups in total. The number of nitrogens with zero attached hydrogens (tertiary/aromatic N) is 1. The summed E-state index contributed by atoms with van der Waals surface area (Å²) in [5, 5.41) is 2.52. The predicted octanol–water partition coefficient (Wildman–Crippen LogP) is 1.36. The number of hydrogen-bond acceptors (Lipinski definition) is 3. The van der Waals surface area contributed by atoms with Crippen LogP contribution < -0.4 is 11.1 Å². The molecule has 106 valence electrons. The Kier molecular flexibility index (Phi) is 5.65. The Morgan fingerprint density at radius 2 is 2.16 bits per heavy atom. The van der Waals surface area contributed by atoms with Crippen LogP contribution >= 0.6 is 12.4 Å². The van der Waals surface area contributed by atoms with Crippen LogP contribution in [0.1, 0.15) is 6.42 Å². The number of rotatable bonds is 3. The van der Waals surface area contributed by atoms with E-state index in [1.54, 1.807) is 0 Å². The number of hydrogen-bond donors (Lipinski definition) is 2. The highest BCUT2D eigenvalue weighted by Gasteiger charge is 2.21. The molecule has 0 aromatic heterocycles. The summed E-state index contributed by atoms with van der Waals surface area (Å²) in [7, 11) is 0. The minimum atomic E-state index is -0.976. The SMILES string of the molecule is Cl.N[C@H]1CCN(CC(=O)Nc2ccc(F)c(F)c2)C1. The van der Waals surface area contributed by atoms with Crippen molar-refractivity contribution in [2.75, 3.05) is 25.0 Å². The van der Waals surface area contributed by atoms with Crippen LogP contribution in [0.3, 0.4) is 0 Å². The van der Waals surface area contributed by atoms with Gasteiger partial charge in [0, 0.05) is 30.9 Å².